The highest BCUT2D eigenvalue weighted by atomic mass is 19.1. The van der Waals surface area contributed by atoms with Gasteiger partial charge in [0.2, 0.25) is 0 Å². The van der Waals surface area contributed by atoms with E-state index in [1.807, 2.05) is 0 Å². The third-order valence-electron chi connectivity index (χ3n) is 1.05. The van der Waals surface area contributed by atoms with E-state index in [0.717, 1.165) is 18.2 Å². The van der Waals surface area contributed by atoms with Crippen LogP contribution in [0.4, 0.5) is 8.78 Å². The highest BCUT2D eigenvalue weighted by molar-refractivity contribution is 5.25. The Hall–Kier alpha value is -1.63. The Morgan fingerprint density at radius 3 is 2.73 bits per heavy atom. The highest BCUT2D eigenvalue weighted by Gasteiger charge is 2.03. The average Bonchev–Trinajstić information content (AvgIpc) is 1.98. The number of benzene rings is 1. The van der Waals surface area contributed by atoms with E-state index >= 15 is 0 Å². The molecule has 0 N–H and O–H groups in total. The van der Waals surface area contributed by atoms with Crippen molar-refractivity contribution in [2.75, 3.05) is 0 Å². The smallest absolute Gasteiger partial charge is 0.292 e. The molecule has 1 aromatic rings. The monoisotopic (exact) mass is 155 g/mol. The summed E-state index contributed by atoms with van der Waals surface area (Å²) in [6, 6.07) is 2.64. The minimum absolute atomic E-state index is 0.396. The number of hydrogen-bond acceptors (Lipinski definition) is 2. The lowest BCUT2D eigenvalue weighted by atomic mass is 10.3. The summed E-state index contributed by atoms with van der Waals surface area (Å²) in [6.07, 6.45) is 1.25. The predicted molar refractivity (Wildman–Crippen MR) is 32.6 cm³/mol. The molecule has 0 saturated heterocycles. The van der Waals surface area contributed by atoms with Gasteiger partial charge in [-0.2, -0.15) is 0 Å². The third-order valence-corrected chi connectivity index (χ3v) is 1.05. The van der Waals surface area contributed by atoms with E-state index in [1.54, 1.807) is 0 Å². The summed E-state index contributed by atoms with van der Waals surface area (Å²) < 4.78 is 28.9. The van der Waals surface area contributed by atoms with Crippen molar-refractivity contribution in [3.05, 3.63) is 29.8 Å². The second-order valence-electron chi connectivity index (χ2n) is 1.77. The molecular formula is C7H3F2NO. The zero-order chi connectivity index (χ0) is 8.27. The minimum atomic E-state index is -0.757. The van der Waals surface area contributed by atoms with Gasteiger partial charge in [0.15, 0.2) is 11.6 Å². The second kappa shape index (κ2) is 2.97. The van der Waals surface area contributed by atoms with Crippen molar-refractivity contribution < 1.29 is 13.5 Å². The van der Waals surface area contributed by atoms with Crippen molar-refractivity contribution in [1.82, 2.24) is 0 Å². The molecule has 0 bridgehead atoms. The zero-order valence-corrected chi connectivity index (χ0v) is 5.34. The van der Waals surface area contributed by atoms with E-state index in [2.05, 4.69) is 4.74 Å². The zero-order valence-electron chi connectivity index (χ0n) is 5.34. The van der Waals surface area contributed by atoms with Gasteiger partial charge in [-0.3, -0.25) is 0 Å². The maximum absolute atomic E-state index is 12.5. The van der Waals surface area contributed by atoms with Gasteiger partial charge in [0.05, 0.1) is 0 Å². The normalized spacial score (nSPS) is 8.82. The fourth-order valence-corrected chi connectivity index (χ4v) is 0.605. The number of rotatable bonds is 1. The first kappa shape index (κ1) is 7.48. The number of nitrogens with zero attached hydrogens (tertiary/aromatic N) is 1. The van der Waals surface area contributed by atoms with Crippen LogP contribution in [-0.4, -0.2) is 0 Å². The molecule has 0 aromatic heterocycles. The predicted octanol–water partition coefficient (Wildman–Crippen LogP) is 1.82. The summed E-state index contributed by atoms with van der Waals surface area (Å²) in [7, 11) is 0. The molecule has 0 fully saturated rings. The molecule has 0 aliphatic heterocycles. The Labute approximate surface area is 61.6 Å². The first-order chi connectivity index (χ1) is 5.24. The molecule has 0 spiro atoms. The van der Waals surface area contributed by atoms with E-state index in [0.29, 0.717) is 0 Å². The molecule has 0 atom stereocenters. The van der Waals surface area contributed by atoms with Crippen molar-refractivity contribution >= 4 is 0 Å². The van der Waals surface area contributed by atoms with Gasteiger partial charge in [0, 0.05) is 6.07 Å². The molecule has 1 aromatic carbocycles. The summed E-state index contributed by atoms with van der Waals surface area (Å²) in [5.41, 5.74) is 0. The Kier molecular flexibility index (Phi) is 2.02. The lowest BCUT2D eigenvalue weighted by Crippen LogP contribution is -1.87. The molecule has 56 valence electrons. The Bertz CT molecular complexity index is 306. The van der Waals surface area contributed by atoms with Crippen LogP contribution >= 0.6 is 0 Å². The van der Waals surface area contributed by atoms with Crippen molar-refractivity contribution in [1.29, 1.82) is 5.26 Å². The van der Waals surface area contributed by atoms with Crippen LogP contribution in [-0.2, 0) is 0 Å². The number of ether oxygens (including phenoxy) is 1. The Balaban J connectivity index is 3.05. The molecule has 4 heteroatoms. The number of hydrogen-bond donors (Lipinski definition) is 0. The van der Waals surface area contributed by atoms with E-state index in [9.17, 15) is 8.78 Å². The van der Waals surface area contributed by atoms with Gasteiger partial charge in [-0.1, -0.05) is 0 Å². The summed E-state index contributed by atoms with van der Waals surface area (Å²) in [4.78, 5) is 0. The van der Waals surface area contributed by atoms with Crippen LogP contribution in [0.15, 0.2) is 18.2 Å². The summed E-state index contributed by atoms with van der Waals surface area (Å²) >= 11 is 0. The fourth-order valence-electron chi connectivity index (χ4n) is 0.605. The first-order valence-corrected chi connectivity index (χ1v) is 2.75. The number of halogens is 2. The van der Waals surface area contributed by atoms with Crippen molar-refractivity contribution in [2.45, 2.75) is 0 Å². The summed E-state index contributed by atoms with van der Waals surface area (Å²) in [6.45, 7) is 0. The van der Waals surface area contributed by atoms with Gasteiger partial charge in [-0.25, -0.2) is 8.78 Å². The topological polar surface area (TPSA) is 33.0 Å². The molecule has 0 amide bonds. The van der Waals surface area contributed by atoms with Crippen LogP contribution in [0.25, 0.3) is 0 Å². The lowest BCUT2D eigenvalue weighted by molar-refractivity contribution is 0.454. The standard InChI is InChI=1S/C7H3F2NO/c8-5-1-2-6(9)7(3-5)11-4-10/h1-3H. The van der Waals surface area contributed by atoms with Crippen LogP contribution in [0.5, 0.6) is 5.75 Å². The largest absolute Gasteiger partial charge is 0.385 e. The van der Waals surface area contributed by atoms with Crippen LogP contribution < -0.4 is 4.74 Å². The highest BCUT2D eigenvalue weighted by Crippen LogP contribution is 2.17. The number of nitriles is 1. The first-order valence-electron chi connectivity index (χ1n) is 2.75. The lowest BCUT2D eigenvalue weighted by Gasteiger charge is -1.96. The van der Waals surface area contributed by atoms with Crippen molar-refractivity contribution in [3.8, 4) is 12.0 Å². The van der Waals surface area contributed by atoms with Gasteiger partial charge in [-0.05, 0) is 12.1 Å². The molecule has 1 rings (SSSR count). The fraction of sp³-hybridized carbons (Fsp3) is 0. The Morgan fingerprint density at radius 2 is 2.09 bits per heavy atom. The van der Waals surface area contributed by atoms with Gasteiger partial charge in [-0.15, -0.1) is 5.26 Å². The SMILES string of the molecule is N#COc1cc(F)ccc1F. The van der Waals surface area contributed by atoms with E-state index < -0.39 is 17.4 Å². The van der Waals surface area contributed by atoms with Gasteiger partial charge in [0.25, 0.3) is 6.26 Å². The molecular weight excluding hydrogens is 152 g/mol. The summed E-state index contributed by atoms with van der Waals surface area (Å²) in [5.74, 6) is -1.79. The molecule has 0 unspecified atom stereocenters. The van der Waals surface area contributed by atoms with E-state index in [4.69, 9.17) is 5.26 Å². The van der Waals surface area contributed by atoms with Gasteiger partial charge in [0.1, 0.15) is 5.82 Å². The van der Waals surface area contributed by atoms with Gasteiger partial charge >= 0.3 is 0 Å². The maximum Gasteiger partial charge on any atom is 0.292 e. The van der Waals surface area contributed by atoms with Crippen molar-refractivity contribution in [3.63, 3.8) is 0 Å². The van der Waals surface area contributed by atoms with E-state index in [-0.39, 0.29) is 0 Å². The molecule has 11 heavy (non-hydrogen) atoms. The molecule has 0 radical (unpaired) electrons. The summed E-state index contributed by atoms with van der Waals surface area (Å²) in [5, 5.41) is 7.97. The molecule has 0 aliphatic carbocycles. The molecule has 0 aliphatic rings. The molecule has 2 nitrogen and oxygen atoms in total. The minimum Gasteiger partial charge on any atom is -0.385 e. The van der Waals surface area contributed by atoms with Crippen LogP contribution in [0.3, 0.4) is 0 Å². The molecule has 0 saturated carbocycles. The second-order valence-corrected chi connectivity index (χ2v) is 1.77. The quantitative estimate of drug-likeness (QED) is 0.579. The van der Waals surface area contributed by atoms with Crippen molar-refractivity contribution in [2.24, 2.45) is 0 Å². The maximum atomic E-state index is 12.5. The van der Waals surface area contributed by atoms with Crippen LogP contribution in [0.2, 0.25) is 0 Å². The Morgan fingerprint density at radius 1 is 1.36 bits per heavy atom. The third kappa shape index (κ3) is 1.64. The van der Waals surface area contributed by atoms with Gasteiger partial charge < -0.3 is 4.74 Å². The van der Waals surface area contributed by atoms with Crippen LogP contribution in [0.1, 0.15) is 0 Å². The average molecular weight is 155 g/mol. The van der Waals surface area contributed by atoms with Crippen LogP contribution in [0, 0.1) is 23.2 Å². The van der Waals surface area contributed by atoms with E-state index in [1.165, 1.54) is 6.26 Å². The molecule has 0 heterocycles.